The minimum Gasteiger partial charge on any atom is -0.467 e. The van der Waals surface area contributed by atoms with Crippen LogP contribution in [0.15, 0.2) is 28.9 Å². The van der Waals surface area contributed by atoms with Crippen molar-refractivity contribution in [3.8, 4) is 0 Å². The molecule has 1 N–H and O–H groups in total. The van der Waals surface area contributed by atoms with Crippen LogP contribution >= 0.6 is 11.3 Å². The summed E-state index contributed by atoms with van der Waals surface area (Å²) in [6.45, 7) is 1.86. The van der Waals surface area contributed by atoms with Crippen molar-refractivity contribution in [2.75, 3.05) is 0 Å². The Labute approximate surface area is 145 Å². The maximum atomic E-state index is 12.3. The Bertz CT molecular complexity index is 681. The predicted molar refractivity (Wildman–Crippen MR) is 91.0 cm³/mol. The molecule has 2 heterocycles. The molecule has 0 bridgehead atoms. The van der Waals surface area contributed by atoms with Gasteiger partial charge in [0.1, 0.15) is 10.6 Å². The molecular weight excluding hydrogens is 326 g/mol. The van der Waals surface area contributed by atoms with Gasteiger partial charge in [0, 0.05) is 4.88 Å². The predicted octanol–water partition coefficient (Wildman–Crippen LogP) is 3.47. The monoisotopic (exact) mass is 347 g/mol. The summed E-state index contributed by atoms with van der Waals surface area (Å²) in [6.07, 6.45) is 6.36. The molecule has 0 saturated carbocycles. The van der Waals surface area contributed by atoms with Crippen LogP contribution < -0.4 is 5.32 Å². The Morgan fingerprint density at radius 2 is 2.17 bits per heavy atom. The van der Waals surface area contributed by atoms with E-state index in [1.165, 1.54) is 41.0 Å². The highest BCUT2D eigenvalue weighted by Gasteiger charge is 2.22. The van der Waals surface area contributed by atoms with E-state index < -0.39 is 12.1 Å². The molecule has 1 atom stereocenters. The van der Waals surface area contributed by atoms with Gasteiger partial charge in [0.05, 0.1) is 12.8 Å². The summed E-state index contributed by atoms with van der Waals surface area (Å²) in [5, 5.41) is 2.69. The lowest BCUT2D eigenvalue weighted by molar-refractivity contribution is -0.129. The minimum absolute atomic E-state index is 0.279. The molecule has 128 valence electrons. The number of carbonyl (C=O) groups excluding carboxylic acids is 2. The lowest BCUT2D eigenvalue weighted by atomic mass is 10.1. The van der Waals surface area contributed by atoms with Crippen molar-refractivity contribution >= 4 is 23.2 Å². The number of ether oxygens (including phenoxy) is 1. The quantitative estimate of drug-likeness (QED) is 0.664. The average molecular weight is 347 g/mol. The van der Waals surface area contributed by atoms with Crippen LogP contribution in [0.2, 0.25) is 0 Å². The SMILES string of the molecule is CC(OC(=O)c1cc2c(s1)CCCCC2)C(=O)NCc1ccco1. The lowest BCUT2D eigenvalue weighted by Gasteiger charge is -2.12. The van der Waals surface area contributed by atoms with E-state index in [9.17, 15) is 9.59 Å². The molecule has 0 saturated heterocycles. The van der Waals surface area contributed by atoms with Crippen LogP contribution in [0, 0.1) is 0 Å². The molecule has 3 rings (SSSR count). The second-order valence-electron chi connectivity index (χ2n) is 5.96. The number of thiophene rings is 1. The fourth-order valence-electron chi connectivity index (χ4n) is 2.77. The Hall–Kier alpha value is -2.08. The first-order chi connectivity index (χ1) is 11.6. The first-order valence-corrected chi connectivity index (χ1v) is 9.08. The van der Waals surface area contributed by atoms with Crippen molar-refractivity contribution in [2.24, 2.45) is 0 Å². The molecule has 1 unspecified atom stereocenters. The number of esters is 1. The number of rotatable bonds is 5. The van der Waals surface area contributed by atoms with Crippen LogP contribution in [0.5, 0.6) is 0 Å². The molecule has 0 aliphatic heterocycles. The van der Waals surface area contributed by atoms with E-state index in [4.69, 9.17) is 9.15 Å². The van der Waals surface area contributed by atoms with E-state index in [1.54, 1.807) is 25.3 Å². The van der Waals surface area contributed by atoms with Gasteiger partial charge < -0.3 is 14.5 Å². The van der Waals surface area contributed by atoms with Crippen molar-refractivity contribution in [1.82, 2.24) is 5.32 Å². The van der Waals surface area contributed by atoms with Gasteiger partial charge in [-0.15, -0.1) is 11.3 Å². The van der Waals surface area contributed by atoms with Crippen LogP contribution in [0.4, 0.5) is 0 Å². The van der Waals surface area contributed by atoms with E-state index in [0.29, 0.717) is 10.6 Å². The van der Waals surface area contributed by atoms with Crippen LogP contribution in [0.25, 0.3) is 0 Å². The van der Waals surface area contributed by atoms with Gasteiger partial charge in [-0.2, -0.15) is 0 Å². The van der Waals surface area contributed by atoms with Gasteiger partial charge >= 0.3 is 5.97 Å². The topological polar surface area (TPSA) is 68.5 Å². The third-order valence-corrected chi connectivity index (χ3v) is 5.33. The Morgan fingerprint density at radius 3 is 2.96 bits per heavy atom. The summed E-state index contributed by atoms with van der Waals surface area (Å²) in [4.78, 5) is 26.2. The fraction of sp³-hybridized carbons (Fsp3) is 0.444. The van der Waals surface area contributed by atoms with E-state index in [1.807, 2.05) is 6.07 Å². The number of fused-ring (bicyclic) bond motifs is 1. The molecular formula is C18H21NO4S. The highest BCUT2D eigenvalue weighted by Crippen LogP contribution is 2.29. The van der Waals surface area contributed by atoms with Crippen LogP contribution in [0.3, 0.4) is 0 Å². The number of hydrogen-bond acceptors (Lipinski definition) is 5. The molecule has 0 spiro atoms. The summed E-state index contributed by atoms with van der Waals surface area (Å²) in [6, 6.07) is 5.46. The molecule has 5 nitrogen and oxygen atoms in total. The van der Waals surface area contributed by atoms with Gasteiger partial charge in [-0.25, -0.2) is 4.79 Å². The standard InChI is InChI=1S/C18H21NO4S/c1-12(17(20)19-11-14-7-5-9-22-14)23-18(21)16-10-13-6-3-2-4-8-15(13)24-16/h5,7,9-10,12H,2-4,6,8,11H2,1H3,(H,19,20). The first-order valence-electron chi connectivity index (χ1n) is 8.26. The highest BCUT2D eigenvalue weighted by atomic mass is 32.1. The normalized spacial score (nSPS) is 15.2. The second-order valence-corrected chi connectivity index (χ2v) is 7.10. The number of furan rings is 1. The zero-order chi connectivity index (χ0) is 16.9. The smallest absolute Gasteiger partial charge is 0.349 e. The van der Waals surface area contributed by atoms with Gasteiger partial charge in [-0.05, 0) is 56.4 Å². The van der Waals surface area contributed by atoms with Crippen molar-refractivity contribution in [3.63, 3.8) is 0 Å². The van der Waals surface area contributed by atoms with Gasteiger partial charge in [0.15, 0.2) is 6.10 Å². The second kappa shape index (κ2) is 7.66. The number of nitrogens with one attached hydrogen (secondary N) is 1. The van der Waals surface area contributed by atoms with E-state index in [2.05, 4.69) is 5.32 Å². The molecule has 24 heavy (non-hydrogen) atoms. The molecule has 0 aromatic carbocycles. The average Bonchev–Trinajstić information content (AvgIpc) is 3.18. The molecule has 1 aliphatic carbocycles. The maximum Gasteiger partial charge on any atom is 0.349 e. The van der Waals surface area contributed by atoms with E-state index >= 15 is 0 Å². The summed E-state index contributed by atoms with van der Waals surface area (Å²) >= 11 is 1.50. The number of amides is 1. The molecule has 1 aliphatic rings. The molecule has 2 aromatic heterocycles. The van der Waals surface area contributed by atoms with Crippen molar-refractivity contribution in [2.45, 2.75) is 51.7 Å². The zero-order valence-electron chi connectivity index (χ0n) is 13.7. The summed E-state index contributed by atoms with van der Waals surface area (Å²) in [5.41, 5.74) is 1.26. The molecule has 0 fully saturated rings. The maximum absolute atomic E-state index is 12.3. The molecule has 2 aromatic rings. The summed E-state index contributed by atoms with van der Waals surface area (Å²) < 4.78 is 10.5. The number of aryl methyl sites for hydroxylation is 2. The summed E-state index contributed by atoms with van der Waals surface area (Å²) in [7, 11) is 0. The minimum atomic E-state index is -0.839. The van der Waals surface area contributed by atoms with Gasteiger partial charge in [-0.3, -0.25) is 4.79 Å². The van der Waals surface area contributed by atoms with Crippen LogP contribution in [0.1, 0.15) is 52.1 Å². The molecule has 0 radical (unpaired) electrons. The number of carbonyl (C=O) groups is 2. The summed E-state index contributed by atoms with van der Waals surface area (Å²) in [5.74, 6) is -0.101. The Morgan fingerprint density at radius 1 is 1.33 bits per heavy atom. The van der Waals surface area contributed by atoms with Gasteiger partial charge in [-0.1, -0.05) is 6.42 Å². The third-order valence-electron chi connectivity index (χ3n) is 4.12. The highest BCUT2D eigenvalue weighted by molar-refractivity contribution is 7.14. The zero-order valence-corrected chi connectivity index (χ0v) is 14.5. The molecule has 1 amide bonds. The Balaban J connectivity index is 1.54. The molecule has 6 heteroatoms. The fourth-order valence-corrected chi connectivity index (χ4v) is 3.91. The van der Waals surface area contributed by atoms with E-state index in [-0.39, 0.29) is 12.5 Å². The first kappa shape index (κ1) is 16.8. The van der Waals surface area contributed by atoms with Crippen molar-refractivity contribution < 1.29 is 18.7 Å². The largest absolute Gasteiger partial charge is 0.467 e. The third kappa shape index (κ3) is 4.06. The van der Waals surface area contributed by atoms with Gasteiger partial charge in [0.2, 0.25) is 0 Å². The van der Waals surface area contributed by atoms with Crippen LogP contribution in [-0.4, -0.2) is 18.0 Å². The number of hydrogen-bond donors (Lipinski definition) is 1. The van der Waals surface area contributed by atoms with Crippen molar-refractivity contribution in [3.05, 3.63) is 45.5 Å². The lowest BCUT2D eigenvalue weighted by Crippen LogP contribution is -2.35. The Kier molecular flexibility index (Phi) is 5.35. The van der Waals surface area contributed by atoms with E-state index in [0.717, 1.165) is 12.8 Å². The van der Waals surface area contributed by atoms with Crippen LogP contribution in [-0.2, 0) is 28.9 Å². The van der Waals surface area contributed by atoms with Gasteiger partial charge in [0.25, 0.3) is 5.91 Å². The van der Waals surface area contributed by atoms with Crippen molar-refractivity contribution in [1.29, 1.82) is 0 Å².